The Balaban J connectivity index is 1.39. The van der Waals surface area contributed by atoms with Crippen LogP contribution in [0.2, 0.25) is 0 Å². The van der Waals surface area contributed by atoms with Gasteiger partial charge in [0.2, 0.25) is 0 Å². The Morgan fingerprint density at radius 3 is 2.60 bits per heavy atom. The number of benzene rings is 2. The molecule has 1 saturated heterocycles. The molecule has 1 N–H and O–H groups in total. The fourth-order valence-corrected chi connectivity index (χ4v) is 3.20. The molecule has 1 aliphatic heterocycles. The van der Waals surface area contributed by atoms with Gasteiger partial charge in [-0.3, -0.25) is 4.68 Å². The SMILES string of the molecule is c1ccc(Cn2ccc(Cc3ccc([C@@H]4CNCCO4)cc3)n2)cc1. The summed E-state index contributed by atoms with van der Waals surface area (Å²) in [6, 6.07) is 21.2. The monoisotopic (exact) mass is 333 g/mol. The number of nitrogens with zero attached hydrogens (tertiary/aromatic N) is 2. The Morgan fingerprint density at radius 1 is 1.00 bits per heavy atom. The van der Waals surface area contributed by atoms with Gasteiger partial charge in [0.05, 0.1) is 24.9 Å². The lowest BCUT2D eigenvalue weighted by molar-refractivity contribution is 0.0277. The Labute approximate surface area is 148 Å². The number of morpholine rings is 1. The molecule has 1 fully saturated rings. The van der Waals surface area contributed by atoms with Crippen LogP contribution in [-0.2, 0) is 17.7 Å². The van der Waals surface area contributed by atoms with Gasteiger partial charge in [-0.25, -0.2) is 0 Å². The number of rotatable bonds is 5. The van der Waals surface area contributed by atoms with Crippen molar-refractivity contribution in [3.8, 4) is 0 Å². The second kappa shape index (κ2) is 7.64. The fourth-order valence-electron chi connectivity index (χ4n) is 3.20. The Kier molecular flexibility index (Phi) is 4.91. The molecular weight excluding hydrogens is 310 g/mol. The van der Waals surface area contributed by atoms with Crippen LogP contribution >= 0.6 is 0 Å². The van der Waals surface area contributed by atoms with Crippen LogP contribution < -0.4 is 5.32 Å². The van der Waals surface area contributed by atoms with Crippen LogP contribution in [0.3, 0.4) is 0 Å². The van der Waals surface area contributed by atoms with E-state index in [4.69, 9.17) is 9.84 Å². The molecule has 0 radical (unpaired) electrons. The summed E-state index contributed by atoms with van der Waals surface area (Å²) >= 11 is 0. The summed E-state index contributed by atoms with van der Waals surface area (Å²) in [7, 11) is 0. The van der Waals surface area contributed by atoms with Gasteiger partial charge < -0.3 is 10.1 Å². The van der Waals surface area contributed by atoms with E-state index in [0.29, 0.717) is 0 Å². The third-order valence-electron chi connectivity index (χ3n) is 4.55. The standard InChI is InChI=1S/C21H23N3O/c1-2-4-18(5-3-1)16-24-12-10-20(23-24)14-17-6-8-19(9-7-17)21-15-22-11-13-25-21/h1-10,12,21-22H,11,13-16H2/t21-/m0/s1. The van der Waals surface area contributed by atoms with Gasteiger partial charge in [-0.05, 0) is 22.8 Å². The van der Waals surface area contributed by atoms with Gasteiger partial charge in [0.25, 0.3) is 0 Å². The number of ether oxygens (including phenoxy) is 1. The zero-order valence-electron chi connectivity index (χ0n) is 14.3. The van der Waals surface area contributed by atoms with E-state index >= 15 is 0 Å². The van der Waals surface area contributed by atoms with Crippen molar-refractivity contribution in [2.24, 2.45) is 0 Å². The highest BCUT2D eigenvalue weighted by Crippen LogP contribution is 2.20. The third kappa shape index (κ3) is 4.16. The normalized spacial score (nSPS) is 17.5. The Hall–Kier alpha value is -2.43. The van der Waals surface area contributed by atoms with E-state index in [-0.39, 0.29) is 6.10 Å². The predicted molar refractivity (Wildman–Crippen MR) is 98.6 cm³/mol. The van der Waals surface area contributed by atoms with Gasteiger partial charge in [-0.15, -0.1) is 0 Å². The summed E-state index contributed by atoms with van der Waals surface area (Å²) in [4.78, 5) is 0. The number of nitrogens with one attached hydrogen (secondary N) is 1. The summed E-state index contributed by atoms with van der Waals surface area (Å²) in [6.07, 6.45) is 3.08. The quantitative estimate of drug-likeness (QED) is 0.779. The van der Waals surface area contributed by atoms with E-state index in [2.05, 4.69) is 66.1 Å². The molecular formula is C21H23N3O. The molecule has 0 saturated carbocycles. The van der Waals surface area contributed by atoms with E-state index < -0.39 is 0 Å². The molecule has 0 bridgehead atoms. The molecule has 0 amide bonds. The molecule has 0 aliphatic carbocycles. The lowest BCUT2D eigenvalue weighted by Crippen LogP contribution is -2.33. The summed E-state index contributed by atoms with van der Waals surface area (Å²) in [5.74, 6) is 0. The molecule has 25 heavy (non-hydrogen) atoms. The molecule has 2 aromatic carbocycles. The first kappa shape index (κ1) is 16.1. The van der Waals surface area contributed by atoms with Crippen LogP contribution in [0.4, 0.5) is 0 Å². The van der Waals surface area contributed by atoms with Crippen molar-refractivity contribution in [2.75, 3.05) is 19.7 Å². The van der Waals surface area contributed by atoms with E-state index in [0.717, 1.165) is 38.4 Å². The molecule has 0 unspecified atom stereocenters. The number of hydrogen-bond acceptors (Lipinski definition) is 3. The Bertz CT molecular complexity index is 790. The minimum atomic E-state index is 0.174. The van der Waals surface area contributed by atoms with Gasteiger partial charge >= 0.3 is 0 Å². The van der Waals surface area contributed by atoms with Gasteiger partial charge in [0.15, 0.2) is 0 Å². The zero-order valence-corrected chi connectivity index (χ0v) is 14.3. The first-order valence-corrected chi connectivity index (χ1v) is 8.84. The molecule has 128 valence electrons. The molecule has 3 aromatic rings. The number of hydrogen-bond donors (Lipinski definition) is 1. The highest BCUT2D eigenvalue weighted by atomic mass is 16.5. The van der Waals surface area contributed by atoms with E-state index in [1.54, 1.807) is 0 Å². The first-order chi connectivity index (χ1) is 12.4. The summed E-state index contributed by atoms with van der Waals surface area (Å²) in [5.41, 5.74) is 4.88. The number of aromatic nitrogens is 2. The maximum atomic E-state index is 5.80. The molecule has 1 aromatic heterocycles. The largest absolute Gasteiger partial charge is 0.371 e. The molecule has 1 atom stereocenters. The minimum Gasteiger partial charge on any atom is -0.371 e. The van der Waals surface area contributed by atoms with Gasteiger partial charge in [0.1, 0.15) is 0 Å². The van der Waals surface area contributed by atoms with Gasteiger partial charge in [-0.2, -0.15) is 5.10 Å². The highest BCUT2D eigenvalue weighted by Gasteiger charge is 2.15. The van der Waals surface area contributed by atoms with E-state index in [1.165, 1.54) is 16.7 Å². The predicted octanol–water partition coefficient (Wildman–Crippen LogP) is 3.18. The topological polar surface area (TPSA) is 39.1 Å². The van der Waals surface area contributed by atoms with Crippen molar-refractivity contribution in [2.45, 2.75) is 19.1 Å². The van der Waals surface area contributed by atoms with Crippen LogP contribution in [0.5, 0.6) is 0 Å². The Morgan fingerprint density at radius 2 is 1.84 bits per heavy atom. The summed E-state index contributed by atoms with van der Waals surface area (Å²) in [6.45, 7) is 3.43. The smallest absolute Gasteiger partial charge is 0.0949 e. The minimum absolute atomic E-state index is 0.174. The second-order valence-electron chi connectivity index (χ2n) is 6.47. The van der Waals surface area contributed by atoms with E-state index in [9.17, 15) is 0 Å². The second-order valence-corrected chi connectivity index (χ2v) is 6.47. The zero-order chi connectivity index (χ0) is 16.9. The summed E-state index contributed by atoms with van der Waals surface area (Å²) < 4.78 is 7.80. The van der Waals surface area contributed by atoms with E-state index in [1.807, 2.05) is 10.7 Å². The molecule has 4 nitrogen and oxygen atoms in total. The molecule has 4 rings (SSSR count). The van der Waals surface area contributed by atoms with Crippen LogP contribution in [0, 0.1) is 0 Å². The first-order valence-electron chi connectivity index (χ1n) is 8.84. The van der Waals surface area contributed by atoms with Crippen molar-refractivity contribution >= 4 is 0 Å². The average Bonchev–Trinajstić information content (AvgIpc) is 3.11. The van der Waals surface area contributed by atoms with Gasteiger partial charge in [-0.1, -0.05) is 54.6 Å². The van der Waals surface area contributed by atoms with Crippen LogP contribution in [0.1, 0.15) is 28.5 Å². The maximum absolute atomic E-state index is 5.80. The average molecular weight is 333 g/mol. The van der Waals surface area contributed by atoms with Crippen LogP contribution in [0.25, 0.3) is 0 Å². The lowest BCUT2D eigenvalue weighted by Gasteiger charge is -2.24. The van der Waals surface area contributed by atoms with Crippen molar-refractivity contribution < 1.29 is 4.74 Å². The molecule has 4 heteroatoms. The molecule has 0 spiro atoms. The highest BCUT2D eigenvalue weighted by molar-refractivity contribution is 5.27. The fraction of sp³-hybridized carbons (Fsp3) is 0.286. The van der Waals surface area contributed by atoms with Crippen LogP contribution in [0.15, 0.2) is 66.9 Å². The third-order valence-corrected chi connectivity index (χ3v) is 4.55. The maximum Gasteiger partial charge on any atom is 0.0949 e. The van der Waals surface area contributed by atoms with Crippen molar-refractivity contribution in [1.29, 1.82) is 0 Å². The van der Waals surface area contributed by atoms with Gasteiger partial charge in [0, 0.05) is 25.7 Å². The van der Waals surface area contributed by atoms with Crippen molar-refractivity contribution in [3.05, 3.63) is 89.2 Å². The van der Waals surface area contributed by atoms with Crippen molar-refractivity contribution in [1.82, 2.24) is 15.1 Å². The molecule has 1 aliphatic rings. The summed E-state index contributed by atoms with van der Waals surface area (Å²) in [5, 5.41) is 8.07. The lowest BCUT2D eigenvalue weighted by atomic mass is 10.0. The van der Waals surface area contributed by atoms with Crippen LogP contribution in [-0.4, -0.2) is 29.5 Å². The van der Waals surface area contributed by atoms with Crippen molar-refractivity contribution in [3.63, 3.8) is 0 Å². The molecule has 2 heterocycles.